The zero-order chi connectivity index (χ0) is 13.7. The second-order valence-electron chi connectivity index (χ2n) is 4.28. The first-order chi connectivity index (χ1) is 9.20. The van der Waals surface area contributed by atoms with Crippen LogP contribution in [0.3, 0.4) is 0 Å². The van der Waals surface area contributed by atoms with Gasteiger partial charge in [0.05, 0.1) is 18.4 Å². The summed E-state index contributed by atoms with van der Waals surface area (Å²) in [5.74, 6) is -0.242. The molecule has 19 heavy (non-hydrogen) atoms. The average Bonchev–Trinajstić information content (AvgIpc) is 2.88. The number of ether oxygens (including phenoxy) is 1. The van der Waals surface area contributed by atoms with Gasteiger partial charge >= 0.3 is 5.97 Å². The van der Waals surface area contributed by atoms with Crippen molar-refractivity contribution in [2.75, 3.05) is 13.2 Å². The van der Waals surface area contributed by atoms with Crippen LogP contribution in [0.2, 0.25) is 0 Å². The first kappa shape index (κ1) is 13.9. The Kier molecular flexibility index (Phi) is 4.85. The van der Waals surface area contributed by atoms with Crippen molar-refractivity contribution in [1.29, 1.82) is 0 Å². The molecule has 0 aliphatic carbocycles. The molecule has 0 saturated heterocycles. The highest BCUT2D eigenvalue weighted by atomic mass is 32.2. The molecule has 0 amide bonds. The smallest absolute Gasteiger partial charge is 0.328 e. The van der Waals surface area contributed by atoms with Crippen LogP contribution in [0.5, 0.6) is 0 Å². The predicted octanol–water partition coefficient (Wildman–Crippen LogP) is 2.37. The van der Waals surface area contributed by atoms with Crippen molar-refractivity contribution in [2.45, 2.75) is 25.1 Å². The van der Waals surface area contributed by atoms with E-state index in [9.17, 15) is 4.79 Å². The van der Waals surface area contributed by atoms with Crippen molar-refractivity contribution < 1.29 is 9.53 Å². The van der Waals surface area contributed by atoms with E-state index in [4.69, 9.17) is 4.74 Å². The second-order valence-corrected chi connectivity index (χ2v) is 5.47. The zero-order valence-electron chi connectivity index (χ0n) is 11.1. The number of thioether (sulfide) groups is 1. The molecule has 0 saturated carbocycles. The zero-order valence-corrected chi connectivity index (χ0v) is 11.9. The van der Waals surface area contributed by atoms with Crippen LogP contribution in [0.25, 0.3) is 0 Å². The van der Waals surface area contributed by atoms with Gasteiger partial charge in [-0.3, -0.25) is 4.99 Å². The van der Waals surface area contributed by atoms with Gasteiger partial charge in [0.2, 0.25) is 0 Å². The van der Waals surface area contributed by atoms with Crippen molar-refractivity contribution in [3.05, 3.63) is 35.9 Å². The Balaban J connectivity index is 1.87. The van der Waals surface area contributed by atoms with E-state index >= 15 is 0 Å². The van der Waals surface area contributed by atoms with Crippen molar-refractivity contribution >= 4 is 22.9 Å². The van der Waals surface area contributed by atoms with Crippen molar-refractivity contribution in [1.82, 2.24) is 5.32 Å². The van der Waals surface area contributed by atoms with E-state index < -0.39 is 0 Å². The molecule has 1 aliphatic rings. The molecule has 0 aromatic heterocycles. The van der Waals surface area contributed by atoms with Gasteiger partial charge in [-0.2, -0.15) is 0 Å². The minimum atomic E-state index is -0.360. The molecule has 5 heteroatoms. The van der Waals surface area contributed by atoms with Gasteiger partial charge in [0.15, 0.2) is 5.17 Å². The van der Waals surface area contributed by atoms with Crippen molar-refractivity contribution in [3.63, 3.8) is 0 Å². The van der Waals surface area contributed by atoms with Gasteiger partial charge in [0, 0.05) is 0 Å². The number of hydrogen-bond donors (Lipinski definition) is 1. The third-order valence-corrected chi connectivity index (χ3v) is 3.98. The number of amidine groups is 1. The average molecular weight is 278 g/mol. The topological polar surface area (TPSA) is 50.7 Å². The van der Waals surface area contributed by atoms with E-state index in [1.54, 1.807) is 25.6 Å². The minimum Gasteiger partial charge on any atom is -0.464 e. The van der Waals surface area contributed by atoms with Gasteiger partial charge in [0.1, 0.15) is 6.04 Å². The van der Waals surface area contributed by atoms with Crippen LogP contribution < -0.4 is 5.32 Å². The molecule has 2 unspecified atom stereocenters. The van der Waals surface area contributed by atoms with Crippen LogP contribution >= 0.6 is 11.8 Å². The molecule has 2 rings (SSSR count). The van der Waals surface area contributed by atoms with Crippen LogP contribution in [0, 0.1) is 0 Å². The van der Waals surface area contributed by atoms with E-state index in [2.05, 4.69) is 22.4 Å². The first-order valence-electron chi connectivity index (χ1n) is 6.40. The summed E-state index contributed by atoms with van der Waals surface area (Å²) < 4.78 is 4.96. The summed E-state index contributed by atoms with van der Waals surface area (Å²) in [4.78, 5) is 16.0. The van der Waals surface area contributed by atoms with Crippen LogP contribution in [-0.4, -0.2) is 30.3 Å². The quantitative estimate of drug-likeness (QED) is 0.859. The monoisotopic (exact) mass is 278 g/mol. The molecular weight excluding hydrogens is 260 g/mol. The molecule has 1 aromatic carbocycles. The minimum absolute atomic E-state index is 0.242. The normalized spacial score (nSPS) is 19.7. The van der Waals surface area contributed by atoms with Gasteiger partial charge in [-0.1, -0.05) is 42.1 Å². The number of aliphatic imine (C=N–C) groups is 1. The fraction of sp³-hybridized carbons (Fsp3) is 0.429. The molecular formula is C14H18N2O2S. The maximum atomic E-state index is 11.5. The number of carbonyl (C=O) groups excluding carboxylic acids is 1. The molecule has 1 heterocycles. The Morgan fingerprint density at radius 2 is 2.26 bits per heavy atom. The fourth-order valence-corrected chi connectivity index (χ4v) is 2.91. The van der Waals surface area contributed by atoms with E-state index in [0.717, 1.165) is 11.7 Å². The molecule has 2 atom stereocenters. The third kappa shape index (κ3) is 3.73. The fourth-order valence-electron chi connectivity index (χ4n) is 1.81. The Labute approximate surface area is 117 Å². The Morgan fingerprint density at radius 1 is 1.53 bits per heavy atom. The van der Waals surface area contributed by atoms with Gasteiger partial charge in [0.25, 0.3) is 0 Å². The summed E-state index contributed by atoms with van der Waals surface area (Å²) in [6.07, 6.45) is 0. The lowest BCUT2D eigenvalue weighted by Gasteiger charge is -2.14. The lowest BCUT2D eigenvalue weighted by atomic mass is 10.1. The largest absolute Gasteiger partial charge is 0.464 e. The summed E-state index contributed by atoms with van der Waals surface area (Å²) in [7, 11) is 0. The Morgan fingerprint density at radius 3 is 2.95 bits per heavy atom. The molecule has 1 N–H and O–H groups in total. The lowest BCUT2D eigenvalue weighted by Crippen LogP contribution is -2.37. The van der Waals surface area contributed by atoms with E-state index in [-0.39, 0.29) is 12.0 Å². The van der Waals surface area contributed by atoms with Crippen molar-refractivity contribution in [2.24, 2.45) is 4.99 Å². The van der Waals surface area contributed by atoms with Crippen LogP contribution in [0.1, 0.15) is 24.7 Å². The van der Waals surface area contributed by atoms with Gasteiger partial charge in [-0.15, -0.1) is 0 Å². The highest BCUT2D eigenvalue weighted by Gasteiger charge is 2.24. The summed E-state index contributed by atoms with van der Waals surface area (Å²) in [5, 5.41) is 4.25. The number of benzene rings is 1. The molecule has 0 spiro atoms. The van der Waals surface area contributed by atoms with E-state index in [0.29, 0.717) is 11.9 Å². The van der Waals surface area contributed by atoms with Gasteiger partial charge < -0.3 is 10.1 Å². The number of rotatable bonds is 4. The molecule has 0 bridgehead atoms. The second kappa shape index (κ2) is 6.61. The summed E-state index contributed by atoms with van der Waals surface area (Å²) >= 11 is 1.66. The van der Waals surface area contributed by atoms with Crippen LogP contribution in [0.15, 0.2) is 35.3 Å². The summed E-state index contributed by atoms with van der Waals surface area (Å²) in [6.45, 7) is 4.73. The van der Waals surface area contributed by atoms with Crippen molar-refractivity contribution in [3.8, 4) is 0 Å². The maximum absolute atomic E-state index is 11.5. The number of esters is 1. The van der Waals surface area contributed by atoms with E-state index in [1.807, 2.05) is 18.2 Å². The maximum Gasteiger partial charge on any atom is 0.328 e. The number of nitrogens with one attached hydrogen (secondary N) is 1. The highest BCUT2D eigenvalue weighted by Crippen LogP contribution is 2.34. The SMILES string of the molecule is CCOC(=O)C(C)NC1=NCC(c2ccccc2)S1. The first-order valence-corrected chi connectivity index (χ1v) is 7.28. The molecule has 1 aliphatic heterocycles. The lowest BCUT2D eigenvalue weighted by molar-refractivity contribution is -0.144. The summed E-state index contributed by atoms with van der Waals surface area (Å²) in [5.41, 5.74) is 1.26. The Hall–Kier alpha value is -1.49. The summed E-state index contributed by atoms with van der Waals surface area (Å²) in [6, 6.07) is 9.91. The predicted molar refractivity (Wildman–Crippen MR) is 78.3 cm³/mol. The molecule has 102 valence electrons. The highest BCUT2D eigenvalue weighted by molar-refractivity contribution is 8.14. The molecule has 0 fully saturated rings. The third-order valence-electron chi connectivity index (χ3n) is 2.81. The molecule has 1 aromatic rings. The number of nitrogens with zero attached hydrogens (tertiary/aromatic N) is 1. The van der Waals surface area contributed by atoms with Gasteiger partial charge in [-0.05, 0) is 19.4 Å². The standard InChI is InChI=1S/C14H18N2O2S/c1-3-18-13(17)10(2)16-14-15-9-12(19-14)11-7-5-4-6-8-11/h4-8,10,12H,3,9H2,1-2H3,(H,15,16). The van der Waals surface area contributed by atoms with Crippen LogP contribution in [0.4, 0.5) is 0 Å². The van der Waals surface area contributed by atoms with Crippen LogP contribution in [-0.2, 0) is 9.53 Å². The van der Waals surface area contributed by atoms with E-state index in [1.165, 1.54) is 5.56 Å². The number of carbonyl (C=O) groups is 1. The Bertz CT molecular complexity index is 462. The van der Waals surface area contributed by atoms with Gasteiger partial charge in [-0.25, -0.2) is 4.79 Å². The number of hydrogen-bond acceptors (Lipinski definition) is 5. The molecule has 4 nitrogen and oxygen atoms in total. The molecule has 0 radical (unpaired) electrons.